The van der Waals surface area contributed by atoms with Crippen molar-refractivity contribution in [3.63, 3.8) is 0 Å². The zero-order valence-electron chi connectivity index (χ0n) is 14.7. The summed E-state index contributed by atoms with van der Waals surface area (Å²) in [5.74, 6) is 0.852. The highest BCUT2D eigenvalue weighted by atomic mass is 32.2. The molecule has 6 heteroatoms. The van der Waals surface area contributed by atoms with Crippen molar-refractivity contribution in [3.05, 3.63) is 51.7 Å². The maximum atomic E-state index is 12.1. The largest absolute Gasteiger partial charge is 0.411 e. The number of hydrogen-bond acceptors (Lipinski definition) is 6. The van der Waals surface area contributed by atoms with E-state index in [1.54, 1.807) is 0 Å². The molecule has 2 aromatic heterocycles. The van der Waals surface area contributed by atoms with Gasteiger partial charge in [-0.2, -0.15) is 0 Å². The van der Waals surface area contributed by atoms with Gasteiger partial charge in [0.1, 0.15) is 0 Å². The summed E-state index contributed by atoms with van der Waals surface area (Å²) in [7, 11) is 0. The number of ketones is 1. The summed E-state index contributed by atoms with van der Waals surface area (Å²) in [5, 5.41) is 8.53. The molecular weight excluding hydrogens is 352 g/mol. The Bertz CT molecular complexity index is 873. The maximum absolute atomic E-state index is 12.1. The number of Topliss-reactive ketones (excluding diaryl/α,β-unsaturated/α-hetero) is 1. The van der Waals surface area contributed by atoms with E-state index < -0.39 is 0 Å². The van der Waals surface area contributed by atoms with Crippen molar-refractivity contribution >= 4 is 28.9 Å². The first-order valence-corrected chi connectivity index (χ1v) is 9.80. The number of thioether (sulfide) groups is 1. The fourth-order valence-corrected chi connectivity index (χ4v) is 3.82. The van der Waals surface area contributed by atoms with Gasteiger partial charge in [-0.3, -0.25) is 4.79 Å². The van der Waals surface area contributed by atoms with Crippen LogP contribution in [0.2, 0.25) is 0 Å². The van der Waals surface area contributed by atoms with Crippen LogP contribution < -0.4 is 0 Å². The second-order valence-corrected chi connectivity index (χ2v) is 9.04. The lowest BCUT2D eigenvalue weighted by molar-refractivity contribution is 0.102. The molecule has 0 fully saturated rings. The van der Waals surface area contributed by atoms with Gasteiger partial charge < -0.3 is 4.42 Å². The lowest BCUT2D eigenvalue weighted by Crippen LogP contribution is -2.10. The van der Waals surface area contributed by atoms with Gasteiger partial charge in [0.05, 0.1) is 10.6 Å². The number of benzene rings is 1. The van der Waals surface area contributed by atoms with E-state index in [1.807, 2.05) is 31.2 Å². The van der Waals surface area contributed by atoms with Crippen LogP contribution >= 0.6 is 23.1 Å². The van der Waals surface area contributed by atoms with Gasteiger partial charge in [-0.1, -0.05) is 44.7 Å². The molecule has 0 saturated heterocycles. The molecule has 0 atom stereocenters. The minimum Gasteiger partial charge on any atom is -0.411 e. The minimum atomic E-state index is 0.0809. The fourth-order valence-electron chi connectivity index (χ4n) is 2.28. The minimum absolute atomic E-state index is 0.0809. The third-order valence-electron chi connectivity index (χ3n) is 3.75. The van der Waals surface area contributed by atoms with E-state index in [1.165, 1.54) is 28.7 Å². The van der Waals surface area contributed by atoms with Crippen molar-refractivity contribution < 1.29 is 9.21 Å². The molecule has 0 bridgehead atoms. The number of hydrogen-bond donors (Lipinski definition) is 0. The maximum Gasteiger partial charge on any atom is 0.277 e. The number of carbonyl (C=O) groups is 1. The molecule has 0 aliphatic carbocycles. The van der Waals surface area contributed by atoms with E-state index in [-0.39, 0.29) is 11.2 Å². The predicted molar refractivity (Wildman–Crippen MR) is 103 cm³/mol. The molecule has 4 nitrogen and oxygen atoms in total. The van der Waals surface area contributed by atoms with Gasteiger partial charge in [-0.15, -0.1) is 21.5 Å². The van der Waals surface area contributed by atoms with Crippen molar-refractivity contribution in [1.29, 1.82) is 0 Å². The Balaban J connectivity index is 1.65. The zero-order valence-corrected chi connectivity index (χ0v) is 16.3. The van der Waals surface area contributed by atoms with Crippen LogP contribution in [-0.4, -0.2) is 21.7 Å². The number of thiophene rings is 1. The van der Waals surface area contributed by atoms with Crippen LogP contribution in [0.4, 0.5) is 0 Å². The van der Waals surface area contributed by atoms with Crippen LogP contribution in [0, 0.1) is 6.92 Å². The molecule has 0 unspecified atom stereocenters. The van der Waals surface area contributed by atoms with Gasteiger partial charge >= 0.3 is 0 Å². The smallest absolute Gasteiger partial charge is 0.277 e. The molecule has 0 aliphatic rings. The predicted octanol–water partition coefficient (Wildman–Crippen LogP) is 5.38. The van der Waals surface area contributed by atoms with Gasteiger partial charge in [0, 0.05) is 10.4 Å². The first kappa shape index (κ1) is 17.9. The quantitative estimate of drug-likeness (QED) is 0.444. The van der Waals surface area contributed by atoms with Crippen LogP contribution in [0.5, 0.6) is 0 Å². The average molecular weight is 373 g/mol. The van der Waals surface area contributed by atoms with Crippen molar-refractivity contribution in [3.8, 4) is 11.5 Å². The summed E-state index contributed by atoms with van der Waals surface area (Å²) in [6, 6.07) is 11.9. The lowest BCUT2D eigenvalue weighted by Gasteiger charge is -2.18. The van der Waals surface area contributed by atoms with Crippen molar-refractivity contribution in [2.45, 2.75) is 38.3 Å². The number of nitrogens with zero attached hydrogens (tertiary/aromatic N) is 2. The third kappa shape index (κ3) is 4.38. The molecule has 3 rings (SSSR count). The SMILES string of the molecule is Cc1ccc(C(=O)CSc2nnc(-c3ccc(C(C)(C)C)cc3)o2)s1. The topological polar surface area (TPSA) is 56.0 Å². The van der Waals surface area contributed by atoms with Gasteiger partial charge in [0.2, 0.25) is 5.89 Å². The monoisotopic (exact) mass is 372 g/mol. The standard InChI is InChI=1S/C19H20N2O2S2/c1-12-5-10-16(25-12)15(22)11-24-18-21-20-17(23-18)13-6-8-14(9-7-13)19(2,3)4/h5-10H,11H2,1-4H3. The van der Waals surface area contributed by atoms with Gasteiger partial charge in [-0.25, -0.2) is 0 Å². The summed E-state index contributed by atoms with van der Waals surface area (Å²) in [5.41, 5.74) is 2.24. The molecule has 1 aromatic carbocycles. The molecule has 130 valence electrons. The van der Waals surface area contributed by atoms with Gasteiger partial charge in [0.25, 0.3) is 5.22 Å². The van der Waals surface area contributed by atoms with Crippen LogP contribution in [0.3, 0.4) is 0 Å². The second-order valence-electron chi connectivity index (χ2n) is 6.82. The molecule has 3 aromatic rings. The van der Waals surface area contributed by atoms with Gasteiger partial charge in [-0.05, 0) is 42.2 Å². The van der Waals surface area contributed by atoms with Crippen LogP contribution in [0.1, 0.15) is 40.9 Å². The Hall–Kier alpha value is -1.92. The fraction of sp³-hybridized carbons (Fsp3) is 0.316. The second kappa shape index (κ2) is 7.14. The van der Waals surface area contributed by atoms with Crippen molar-refractivity contribution in [2.75, 3.05) is 5.75 Å². The lowest BCUT2D eigenvalue weighted by atomic mass is 9.87. The summed E-state index contributed by atoms with van der Waals surface area (Å²) in [6.45, 7) is 8.52. The summed E-state index contributed by atoms with van der Waals surface area (Å²) >= 11 is 2.78. The first-order valence-electron chi connectivity index (χ1n) is 8.00. The Morgan fingerprint density at radius 2 is 1.84 bits per heavy atom. The molecule has 0 radical (unpaired) electrons. The first-order chi connectivity index (χ1) is 11.8. The zero-order chi connectivity index (χ0) is 18.0. The number of carbonyl (C=O) groups excluding carboxylic acids is 1. The Labute approximate surface area is 155 Å². The molecule has 0 saturated carbocycles. The summed E-state index contributed by atoms with van der Waals surface area (Å²) < 4.78 is 5.68. The van der Waals surface area contributed by atoms with E-state index in [9.17, 15) is 4.79 Å². The van der Waals surface area contributed by atoms with E-state index >= 15 is 0 Å². The normalized spacial score (nSPS) is 11.7. The summed E-state index contributed by atoms with van der Waals surface area (Å²) in [4.78, 5) is 14.0. The molecule has 0 N–H and O–H groups in total. The van der Waals surface area contributed by atoms with Crippen LogP contribution in [-0.2, 0) is 5.41 Å². The molecular formula is C19H20N2O2S2. The highest BCUT2D eigenvalue weighted by molar-refractivity contribution is 7.99. The number of rotatable bonds is 5. The van der Waals surface area contributed by atoms with E-state index in [0.717, 1.165) is 15.3 Å². The Morgan fingerprint density at radius 1 is 1.12 bits per heavy atom. The summed E-state index contributed by atoms with van der Waals surface area (Å²) in [6.07, 6.45) is 0. The van der Waals surface area contributed by atoms with Crippen molar-refractivity contribution in [2.24, 2.45) is 0 Å². The Morgan fingerprint density at radius 3 is 2.44 bits per heavy atom. The number of aryl methyl sites for hydroxylation is 1. The molecule has 0 amide bonds. The van der Waals surface area contributed by atoms with E-state index in [4.69, 9.17) is 4.42 Å². The molecule has 0 spiro atoms. The van der Waals surface area contributed by atoms with Crippen LogP contribution in [0.25, 0.3) is 11.5 Å². The average Bonchev–Trinajstić information content (AvgIpc) is 3.21. The highest BCUT2D eigenvalue weighted by Gasteiger charge is 2.16. The van der Waals surface area contributed by atoms with Crippen LogP contribution in [0.15, 0.2) is 46.0 Å². The van der Waals surface area contributed by atoms with E-state index in [2.05, 4.69) is 43.1 Å². The molecule has 25 heavy (non-hydrogen) atoms. The molecule has 0 aliphatic heterocycles. The third-order valence-corrected chi connectivity index (χ3v) is 5.61. The molecule has 2 heterocycles. The number of aromatic nitrogens is 2. The van der Waals surface area contributed by atoms with Gasteiger partial charge in [0.15, 0.2) is 5.78 Å². The van der Waals surface area contributed by atoms with Crippen molar-refractivity contribution in [1.82, 2.24) is 10.2 Å². The highest BCUT2D eigenvalue weighted by Crippen LogP contribution is 2.28. The Kier molecular flexibility index (Phi) is 5.11. The van der Waals surface area contributed by atoms with E-state index in [0.29, 0.717) is 16.9 Å².